The number of nitrogens with one attached hydrogen (secondary N) is 2. The maximum atomic E-state index is 11.4. The van der Waals surface area contributed by atoms with Gasteiger partial charge in [-0.3, -0.25) is 14.9 Å². The quantitative estimate of drug-likeness (QED) is 0.440. The maximum Gasteiger partial charge on any atom is 0.269 e. The Labute approximate surface area is 112 Å². The third kappa shape index (κ3) is 3.66. The number of H-pyrrole nitrogens is 1. The molecule has 1 heterocycles. The van der Waals surface area contributed by atoms with Crippen LogP contribution in [0.4, 0.5) is 5.69 Å². The third-order valence-corrected chi connectivity index (χ3v) is 2.21. The van der Waals surface area contributed by atoms with E-state index >= 15 is 0 Å². The second-order valence-corrected chi connectivity index (χ2v) is 3.65. The van der Waals surface area contributed by atoms with E-state index in [0.717, 1.165) is 0 Å². The summed E-state index contributed by atoms with van der Waals surface area (Å²) in [5.41, 5.74) is 2.89. The topological polar surface area (TPSA) is 139 Å². The number of tetrazole rings is 1. The van der Waals surface area contributed by atoms with E-state index in [1.165, 1.54) is 30.5 Å². The molecule has 0 radical (unpaired) electrons. The number of benzene rings is 1. The Morgan fingerprint density at radius 2 is 2.20 bits per heavy atom. The Morgan fingerprint density at radius 3 is 2.80 bits per heavy atom. The highest BCUT2D eigenvalue weighted by molar-refractivity contribution is 5.83. The molecule has 0 spiro atoms. The van der Waals surface area contributed by atoms with E-state index in [9.17, 15) is 14.9 Å². The molecule has 2 rings (SSSR count). The first-order chi connectivity index (χ1) is 9.65. The molecule has 20 heavy (non-hydrogen) atoms. The summed E-state index contributed by atoms with van der Waals surface area (Å²) in [5, 5.41) is 27.0. The van der Waals surface area contributed by atoms with Gasteiger partial charge in [-0.05, 0) is 17.7 Å². The lowest BCUT2D eigenvalue weighted by atomic mass is 10.2. The van der Waals surface area contributed by atoms with Gasteiger partial charge in [-0.15, -0.1) is 10.2 Å². The van der Waals surface area contributed by atoms with Crippen molar-refractivity contribution in [1.82, 2.24) is 26.0 Å². The molecule has 0 saturated heterocycles. The van der Waals surface area contributed by atoms with Gasteiger partial charge in [0, 0.05) is 12.1 Å². The Morgan fingerprint density at radius 1 is 1.45 bits per heavy atom. The van der Waals surface area contributed by atoms with Gasteiger partial charge in [0.05, 0.1) is 17.6 Å². The molecule has 10 heteroatoms. The van der Waals surface area contributed by atoms with Crippen molar-refractivity contribution in [1.29, 1.82) is 0 Å². The van der Waals surface area contributed by atoms with Crippen molar-refractivity contribution in [3.63, 3.8) is 0 Å². The first-order valence-corrected chi connectivity index (χ1v) is 5.44. The van der Waals surface area contributed by atoms with Crippen LogP contribution in [0, 0.1) is 10.1 Å². The van der Waals surface area contributed by atoms with Crippen molar-refractivity contribution < 1.29 is 9.72 Å². The summed E-state index contributed by atoms with van der Waals surface area (Å²) in [4.78, 5) is 21.4. The number of hydrogen-bond acceptors (Lipinski definition) is 7. The van der Waals surface area contributed by atoms with Crippen LogP contribution >= 0.6 is 0 Å². The number of nitro benzene ring substituents is 1. The van der Waals surface area contributed by atoms with E-state index in [1.807, 2.05) is 0 Å². The molecule has 1 aromatic heterocycles. The van der Waals surface area contributed by atoms with Gasteiger partial charge in [-0.2, -0.15) is 10.3 Å². The number of nitrogens with zero attached hydrogens (tertiary/aromatic N) is 5. The van der Waals surface area contributed by atoms with E-state index in [1.54, 1.807) is 0 Å². The SMILES string of the molecule is O=C(Cc1nn[nH]n1)N/N=C\c1ccc([N+](=O)[O-])cc1. The average Bonchev–Trinajstić information content (AvgIpc) is 2.92. The summed E-state index contributed by atoms with van der Waals surface area (Å²) in [6, 6.07) is 5.74. The molecule has 0 atom stereocenters. The minimum Gasteiger partial charge on any atom is -0.273 e. The molecular formula is C10H9N7O3. The third-order valence-electron chi connectivity index (χ3n) is 2.21. The Balaban J connectivity index is 1.86. The highest BCUT2D eigenvalue weighted by Gasteiger charge is 2.06. The van der Waals surface area contributed by atoms with Crippen molar-refractivity contribution in [3.8, 4) is 0 Å². The van der Waals surface area contributed by atoms with Crippen molar-refractivity contribution in [2.24, 2.45) is 5.10 Å². The van der Waals surface area contributed by atoms with E-state index < -0.39 is 10.8 Å². The summed E-state index contributed by atoms with van der Waals surface area (Å²) in [7, 11) is 0. The molecule has 0 aliphatic rings. The molecular weight excluding hydrogens is 266 g/mol. The smallest absolute Gasteiger partial charge is 0.269 e. The zero-order valence-electron chi connectivity index (χ0n) is 10.1. The van der Waals surface area contributed by atoms with Crippen LogP contribution in [0.15, 0.2) is 29.4 Å². The van der Waals surface area contributed by atoms with Crippen LogP contribution in [0.5, 0.6) is 0 Å². The van der Waals surface area contributed by atoms with Gasteiger partial charge in [-0.25, -0.2) is 5.43 Å². The van der Waals surface area contributed by atoms with Crippen LogP contribution in [-0.2, 0) is 11.2 Å². The molecule has 1 aromatic carbocycles. The van der Waals surface area contributed by atoms with Crippen LogP contribution in [0.1, 0.15) is 11.4 Å². The van der Waals surface area contributed by atoms with Gasteiger partial charge in [0.25, 0.3) is 5.69 Å². The van der Waals surface area contributed by atoms with Crippen molar-refractivity contribution in [2.75, 3.05) is 0 Å². The fraction of sp³-hybridized carbons (Fsp3) is 0.100. The predicted molar refractivity (Wildman–Crippen MR) is 66.7 cm³/mol. The molecule has 0 fully saturated rings. The number of rotatable bonds is 5. The highest BCUT2D eigenvalue weighted by Crippen LogP contribution is 2.10. The van der Waals surface area contributed by atoms with Crippen LogP contribution in [0.25, 0.3) is 0 Å². The predicted octanol–water partition coefficient (Wildman–Crippen LogP) is -0.199. The van der Waals surface area contributed by atoms with Gasteiger partial charge >= 0.3 is 0 Å². The average molecular weight is 275 g/mol. The number of aromatic amines is 1. The molecule has 102 valence electrons. The van der Waals surface area contributed by atoms with Crippen molar-refractivity contribution in [3.05, 3.63) is 45.8 Å². The van der Waals surface area contributed by atoms with E-state index in [-0.39, 0.29) is 17.9 Å². The fourth-order valence-corrected chi connectivity index (χ4v) is 1.30. The molecule has 0 bridgehead atoms. The van der Waals surface area contributed by atoms with Gasteiger partial charge in [-0.1, -0.05) is 5.21 Å². The van der Waals surface area contributed by atoms with Gasteiger partial charge < -0.3 is 0 Å². The molecule has 1 amide bonds. The first kappa shape index (κ1) is 13.3. The van der Waals surface area contributed by atoms with Crippen molar-refractivity contribution >= 4 is 17.8 Å². The lowest BCUT2D eigenvalue weighted by Crippen LogP contribution is -2.20. The van der Waals surface area contributed by atoms with Crippen LogP contribution < -0.4 is 5.43 Å². The van der Waals surface area contributed by atoms with Gasteiger partial charge in [0.2, 0.25) is 5.91 Å². The molecule has 2 aromatic rings. The van der Waals surface area contributed by atoms with E-state index in [2.05, 4.69) is 31.2 Å². The number of carbonyl (C=O) groups excluding carboxylic acids is 1. The molecule has 0 unspecified atom stereocenters. The number of nitro groups is 1. The highest BCUT2D eigenvalue weighted by atomic mass is 16.6. The molecule has 10 nitrogen and oxygen atoms in total. The van der Waals surface area contributed by atoms with E-state index in [0.29, 0.717) is 5.56 Å². The zero-order chi connectivity index (χ0) is 14.4. The van der Waals surface area contributed by atoms with Gasteiger partial charge in [0.15, 0.2) is 5.82 Å². The van der Waals surface area contributed by atoms with E-state index in [4.69, 9.17) is 0 Å². The number of hydrazone groups is 1. The largest absolute Gasteiger partial charge is 0.273 e. The Bertz CT molecular complexity index is 621. The second-order valence-electron chi connectivity index (χ2n) is 3.65. The zero-order valence-corrected chi connectivity index (χ0v) is 10.1. The summed E-state index contributed by atoms with van der Waals surface area (Å²) >= 11 is 0. The molecule has 0 aliphatic carbocycles. The number of aromatic nitrogens is 4. The molecule has 0 saturated carbocycles. The lowest BCUT2D eigenvalue weighted by molar-refractivity contribution is -0.384. The Hall–Kier alpha value is -3.17. The summed E-state index contributed by atoms with van der Waals surface area (Å²) in [5.74, 6) is -0.141. The summed E-state index contributed by atoms with van der Waals surface area (Å²) in [6.45, 7) is 0. The first-order valence-electron chi connectivity index (χ1n) is 5.44. The summed E-state index contributed by atoms with van der Waals surface area (Å²) < 4.78 is 0. The number of amides is 1. The second kappa shape index (κ2) is 6.13. The lowest BCUT2D eigenvalue weighted by Gasteiger charge is -1.96. The molecule has 0 aliphatic heterocycles. The normalized spacial score (nSPS) is 10.6. The maximum absolute atomic E-state index is 11.4. The molecule has 2 N–H and O–H groups in total. The number of non-ortho nitro benzene ring substituents is 1. The van der Waals surface area contributed by atoms with Crippen LogP contribution in [0.2, 0.25) is 0 Å². The number of hydrogen-bond donors (Lipinski definition) is 2. The van der Waals surface area contributed by atoms with Gasteiger partial charge in [0.1, 0.15) is 0 Å². The fourth-order valence-electron chi connectivity index (χ4n) is 1.30. The number of carbonyl (C=O) groups is 1. The monoisotopic (exact) mass is 275 g/mol. The van der Waals surface area contributed by atoms with Crippen LogP contribution in [0.3, 0.4) is 0 Å². The standard InChI is InChI=1S/C10H9N7O3/c18-10(5-9-12-15-16-13-9)14-11-6-7-1-3-8(4-2-7)17(19)20/h1-4,6H,5H2,(H,14,18)(H,12,13,15,16)/b11-6-. The minimum atomic E-state index is -0.492. The summed E-state index contributed by atoms with van der Waals surface area (Å²) in [6.07, 6.45) is 1.33. The van der Waals surface area contributed by atoms with Crippen LogP contribution in [-0.4, -0.2) is 37.7 Å². The minimum absolute atomic E-state index is 0.0108. The van der Waals surface area contributed by atoms with Crippen molar-refractivity contribution in [2.45, 2.75) is 6.42 Å². The Kier molecular flexibility index (Phi) is 4.07.